The number of methoxy groups -OCH3 is 1. The van der Waals surface area contributed by atoms with Gasteiger partial charge in [0.2, 0.25) is 0 Å². The van der Waals surface area contributed by atoms with Crippen LogP contribution in [0.1, 0.15) is 5.69 Å². The lowest BCUT2D eigenvalue weighted by Gasteiger charge is -2.08. The van der Waals surface area contributed by atoms with Crippen LogP contribution in [0.4, 0.5) is 0 Å². The zero-order valence-corrected chi connectivity index (χ0v) is 12.5. The molecule has 2 aromatic heterocycles. The molecule has 20 heavy (non-hydrogen) atoms. The molecule has 0 unspecified atom stereocenters. The quantitative estimate of drug-likeness (QED) is 0.771. The standard InChI is InChI=1S/C11H13ClN4O3S/c1-8-4-3-5-9(13-8)10-14-15-11(20(12,17)18)16(10)6-7-19-2/h3-5H,6-7H2,1-2H3. The molecule has 0 aliphatic heterocycles. The number of rotatable bonds is 5. The molecule has 0 atom stereocenters. The van der Waals surface area contributed by atoms with E-state index in [-0.39, 0.29) is 11.7 Å². The monoisotopic (exact) mass is 316 g/mol. The lowest BCUT2D eigenvalue weighted by molar-refractivity contribution is 0.185. The van der Waals surface area contributed by atoms with Crippen LogP contribution in [0.3, 0.4) is 0 Å². The van der Waals surface area contributed by atoms with Gasteiger partial charge in [-0.15, -0.1) is 10.2 Å². The third-order valence-electron chi connectivity index (χ3n) is 2.57. The van der Waals surface area contributed by atoms with E-state index in [1.165, 1.54) is 11.7 Å². The summed E-state index contributed by atoms with van der Waals surface area (Å²) < 4.78 is 29.4. The molecule has 0 bridgehead atoms. The molecule has 7 nitrogen and oxygen atoms in total. The van der Waals surface area contributed by atoms with Gasteiger partial charge in [-0.1, -0.05) is 6.07 Å². The Hall–Kier alpha value is -1.51. The first-order chi connectivity index (χ1) is 9.43. The Morgan fingerprint density at radius 1 is 1.35 bits per heavy atom. The van der Waals surface area contributed by atoms with E-state index in [0.717, 1.165) is 5.69 Å². The van der Waals surface area contributed by atoms with Gasteiger partial charge in [-0.05, 0) is 19.1 Å². The predicted molar refractivity (Wildman–Crippen MR) is 72.9 cm³/mol. The van der Waals surface area contributed by atoms with Crippen LogP contribution in [-0.4, -0.2) is 41.9 Å². The molecule has 9 heteroatoms. The second-order valence-corrected chi connectivity index (χ2v) is 6.51. The van der Waals surface area contributed by atoms with Crippen molar-refractivity contribution in [1.29, 1.82) is 0 Å². The van der Waals surface area contributed by atoms with Gasteiger partial charge < -0.3 is 4.74 Å². The lowest BCUT2D eigenvalue weighted by atomic mass is 10.3. The Labute approximate surface area is 121 Å². The first kappa shape index (κ1) is 14.9. The van der Waals surface area contributed by atoms with Crippen molar-refractivity contribution in [2.75, 3.05) is 13.7 Å². The third-order valence-corrected chi connectivity index (χ3v) is 3.72. The lowest BCUT2D eigenvalue weighted by Crippen LogP contribution is -2.12. The van der Waals surface area contributed by atoms with E-state index in [0.29, 0.717) is 18.1 Å². The summed E-state index contributed by atoms with van der Waals surface area (Å²) in [7, 11) is 2.90. The molecular formula is C11H13ClN4O3S. The molecular weight excluding hydrogens is 304 g/mol. The fourth-order valence-corrected chi connectivity index (χ4v) is 2.63. The summed E-state index contributed by atoms with van der Waals surface area (Å²) in [6.45, 7) is 2.39. The van der Waals surface area contributed by atoms with Crippen LogP contribution in [0.2, 0.25) is 0 Å². The number of aryl methyl sites for hydroxylation is 1. The van der Waals surface area contributed by atoms with Gasteiger partial charge in [0.05, 0.1) is 13.2 Å². The van der Waals surface area contributed by atoms with Crippen molar-refractivity contribution in [2.45, 2.75) is 18.6 Å². The van der Waals surface area contributed by atoms with Crippen molar-refractivity contribution in [2.24, 2.45) is 0 Å². The van der Waals surface area contributed by atoms with Gasteiger partial charge in [-0.2, -0.15) is 0 Å². The molecule has 0 amide bonds. The predicted octanol–water partition coefficient (Wildman–Crippen LogP) is 1.22. The van der Waals surface area contributed by atoms with E-state index in [1.807, 2.05) is 19.1 Å². The van der Waals surface area contributed by atoms with E-state index >= 15 is 0 Å². The maximum absolute atomic E-state index is 11.5. The molecule has 0 aromatic carbocycles. The molecule has 0 aliphatic carbocycles. The summed E-state index contributed by atoms with van der Waals surface area (Å²) in [5.41, 5.74) is 1.32. The molecule has 0 fully saturated rings. The van der Waals surface area contributed by atoms with E-state index in [4.69, 9.17) is 15.4 Å². The van der Waals surface area contributed by atoms with Crippen molar-refractivity contribution >= 4 is 19.7 Å². The number of pyridine rings is 1. The van der Waals surface area contributed by atoms with Gasteiger partial charge in [-0.3, -0.25) is 4.57 Å². The summed E-state index contributed by atoms with van der Waals surface area (Å²) in [6.07, 6.45) is 0. The number of nitrogens with zero attached hydrogens (tertiary/aromatic N) is 4. The van der Waals surface area contributed by atoms with Gasteiger partial charge in [0.15, 0.2) is 5.82 Å². The van der Waals surface area contributed by atoms with Crippen LogP contribution in [0.15, 0.2) is 23.4 Å². The van der Waals surface area contributed by atoms with Crippen molar-refractivity contribution in [3.05, 3.63) is 23.9 Å². The van der Waals surface area contributed by atoms with Crippen LogP contribution >= 0.6 is 10.7 Å². The Morgan fingerprint density at radius 2 is 2.10 bits per heavy atom. The average molecular weight is 317 g/mol. The van der Waals surface area contributed by atoms with E-state index < -0.39 is 9.05 Å². The SMILES string of the molecule is COCCn1c(-c2cccc(C)n2)nnc1S(=O)(=O)Cl. The van der Waals surface area contributed by atoms with Crippen LogP contribution in [0.25, 0.3) is 11.5 Å². The van der Waals surface area contributed by atoms with Gasteiger partial charge in [-0.25, -0.2) is 13.4 Å². The molecule has 2 rings (SSSR count). The Morgan fingerprint density at radius 3 is 2.70 bits per heavy atom. The number of hydrogen-bond acceptors (Lipinski definition) is 6. The highest BCUT2D eigenvalue weighted by Crippen LogP contribution is 2.21. The van der Waals surface area contributed by atoms with Crippen LogP contribution in [0.5, 0.6) is 0 Å². The topological polar surface area (TPSA) is 87.0 Å². The van der Waals surface area contributed by atoms with Gasteiger partial charge in [0, 0.05) is 23.5 Å². The zero-order chi connectivity index (χ0) is 14.8. The molecule has 2 heterocycles. The first-order valence-corrected chi connectivity index (χ1v) is 8.05. The number of ether oxygens (including phenoxy) is 1. The Bertz CT molecular complexity index is 714. The molecule has 0 saturated carbocycles. The Balaban J connectivity index is 2.56. The van der Waals surface area contributed by atoms with Crippen molar-refractivity contribution in [3.8, 4) is 11.5 Å². The van der Waals surface area contributed by atoms with Crippen LogP contribution in [0, 0.1) is 6.92 Å². The second-order valence-electron chi connectivity index (χ2n) is 4.05. The molecule has 0 radical (unpaired) electrons. The van der Waals surface area contributed by atoms with Crippen molar-refractivity contribution in [1.82, 2.24) is 19.7 Å². The fraction of sp³-hybridized carbons (Fsp3) is 0.364. The summed E-state index contributed by atoms with van der Waals surface area (Å²) >= 11 is 0. The second kappa shape index (κ2) is 5.86. The minimum atomic E-state index is -3.98. The highest BCUT2D eigenvalue weighted by molar-refractivity contribution is 8.13. The van der Waals surface area contributed by atoms with Gasteiger partial charge >= 0.3 is 0 Å². The maximum Gasteiger partial charge on any atom is 0.296 e. The highest BCUT2D eigenvalue weighted by atomic mass is 35.7. The summed E-state index contributed by atoms with van der Waals surface area (Å²) in [5.74, 6) is 0.338. The van der Waals surface area contributed by atoms with Gasteiger partial charge in [0.1, 0.15) is 5.69 Å². The molecule has 0 aliphatic rings. The summed E-state index contributed by atoms with van der Waals surface area (Å²) in [5, 5.41) is 7.21. The maximum atomic E-state index is 11.5. The first-order valence-electron chi connectivity index (χ1n) is 5.74. The average Bonchev–Trinajstić information content (AvgIpc) is 2.79. The fourth-order valence-electron chi connectivity index (χ4n) is 1.71. The smallest absolute Gasteiger partial charge is 0.296 e. The highest BCUT2D eigenvalue weighted by Gasteiger charge is 2.23. The van der Waals surface area contributed by atoms with E-state index in [9.17, 15) is 8.42 Å². The Kier molecular flexibility index (Phi) is 4.36. The summed E-state index contributed by atoms with van der Waals surface area (Å²) in [4.78, 5) is 4.31. The van der Waals surface area contributed by atoms with Gasteiger partial charge in [0.25, 0.3) is 14.2 Å². The molecule has 0 N–H and O–H groups in total. The number of aromatic nitrogens is 4. The number of hydrogen-bond donors (Lipinski definition) is 0. The van der Waals surface area contributed by atoms with Crippen LogP contribution in [-0.2, 0) is 20.3 Å². The minimum absolute atomic E-state index is 0.260. The molecule has 2 aromatic rings. The van der Waals surface area contributed by atoms with Crippen LogP contribution < -0.4 is 0 Å². The molecule has 108 valence electrons. The molecule has 0 saturated heterocycles. The van der Waals surface area contributed by atoms with E-state index in [2.05, 4.69) is 15.2 Å². The third kappa shape index (κ3) is 3.14. The normalized spacial score (nSPS) is 11.8. The summed E-state index contributed by atoms with van der Waals surface area (Å²) in [6, 6.07) is 5.37. The largest absolute Gasteiger partial charge is 0.383 e. The minimum Gasteiger partial charge on any atom is -0.383 e. The number of halogens is 1. The van der Waals surface area contributed by atoms with E-state index in [1.54, 1.807) is 6.07 Å². The van der Waals surface area contributed by atoms with Crippen molar-refractivity contribution < 1.29 is 13.2 Å². The molecule has 0 spiro atoms. The van der Waals surface area contributed by atoms with Crippen molar-refractivity contribution in [3.63, 3.8) is 0 Å². The zero-order valence-electron chi connectivity index (χ0n) is 10.9.